The van der Waals surface area contributed by atoms with E-state index in [0.29, 0.717) is 0 Å². The molecular formula is C19H16BrCl. The summed E-state index contributed by atoms with van der Waals surface area (Å²) in [6.45, 7) is 4.21. The Balaban J connectivity index is 2.17. The first-order chi connectivity index (χ1) is 10.1. The molecule has 0 spiro atoms. The van der Waals surface area contributed by atoms with Crippen LogP contribution in [0.25, 0.3) is 10.8 Å². The van der Waals surface area contributed by atoms with Crippen LogP contribution in [-0.2, 0) is 0 Å². The van der Waals surface area contributed by atoms with Crippen LogP contribution in [-0.4, -0.2) is 0 Å². The Morgan fingerprint density at radius 1 is 0.857 bits per heavy atom. The number of rotatable bonds is 2. The third kappa shape index (κ3) is 2.73. The minimum atomic E-state index is 0.0930. The number of halogens is 2. The molecule has 0 nitrogen and oxygen atoms in total. The number of benzene rings is 3. The Morgan fingerprint density at radius 2 is 1.52 bits per heavy atom. The van der Waals surface area contributed by atoms with Gasteiger partial charge in [-0.05, 0) is 52.9 Å². The molecule has 0 N–H and O–H groups in total. The molecule has 0 aromatic heterocycles. The summed E-state index contributed by atoms with van der Waals surface area (Å²) in [6.07, 6.45) is 0. The summed E-state index contributed by atoms with van der Waals surface area (Å²) in [5, 5.41) is 3.32. The van der Waals surface area contributed by atoms with Crippen molar-refractivity contribution in [3.8, 4) is 0 Å². The molecule has 0 heterocycles. The Labute approximate surface area is 138 Å². The molecular weight excluding hydrogens is 344 g/mol. The maximum absolute atomic E-state index is 6.47. The van der Waals surface area contributed by atoms with Crippen molar-refractivity contribution in [2.75, 3.05) is 0 Å². The Bertz CT molecular complexity index is 803. The average molecular weight is 360 g/mol. The minimum absolute atomic E-state index is 0.0930. The number of hydrogen-bond acceptors (Lipinski definition) is 0. The topological polar surface area (TPSA) is 0 Å². The van der Waals surface area contributed by atoms with Gasteiger partial charge in [-0.25, -0.2) is 0 Å². The molecule has 3 rings (SSSR count). The van der Waals surface area contributed by atoms with Crippen LogP contribution in [0.3, 0.4) is 0 Å². The van der Waals surface area contributed by atoms with Gasteiger partial charge in [0.05, 0.1) is 4.83 Å². The second-order valence-corrected chi connectivity index (χ2v) is 6.71. The van der Waals surface area contributed by atoms with E-state index in [0.717, 1.165) is 10.6 Å². The highest BCUT2D eigenvalue weighted by molar-refractivity contribution is 9.09. The maximum atomic E-state index is 6.47. The minimum Gasteiger partial charge on any atom is -0.0840 e. The van der Waals surface area contributed by atoms with Gasteiger partial charge in [-0.1, -0.05) is 76.1 Å². The smallest absolute Gasteiger partial charge is 0.0665 e. The predicted octanol–water partition coefficient (Wildman–Crippen LogP) is 6.59. The molecule has 0 amide bonds. The normalized spacial score (nSPS) is 12.6. The van der Waals surface area contributed by atoms with Crippen molar-refractivity contribution in [1.82, 2.24) is 0 Å². The van der Waals surface area contributed by atoms with Crippen LogP contribution in [0, 0.1) is 13.8 Å². The van der Waals surface area contributed by atoms with Crippen molar-refractivity contribution in [2.24, 2.45) is 0 Å². The largest absolute Gasteiger partial charge is 0.0840 e. The molecule has 2 heteroatoms. The van der Waals surface area contributed by atoms with Gasteiger partial charge in [-0.15, -0.1) is 0 Å². The van der Waals surface area contributed by atoms with Crippen molar-refractivity contribution in [1.29, 1.82) is 0 Å². The SMILES string of the molecule is Cc1cc(Cl)c(C(Br)c2cccc3ccccc23)cc1C. The fraction of sp³-hybridized carbons (Fsp3) is 0.158. The van der Waals surface area contributed by atoms with Crippen LogP contribution >= 0.6 is 27.5 Å². The highest BCUT2D eigenvalue weighted by Gasteiger charge is 2.17. The third-order valence-electron chi connectivity index (χ3n) is 3.98. The lowest BCUT2D eigenvalue weighted by Crippen LogP contribution is -1.97. The molecule has 0 saturated heterocycles. The highest BCUT2D eigenvalue weighted by atomic mass is 79.9. The Hall–Kier alpha value is -1.31. The molecule has 1 atom stereocenters. The highest BCUT2D eigenvalue weighted by Crippen LogP contribution is 2.39. The molecule has 106 valence electrons. The quantitative estimate of drug-likeness (QED) is 0.452. The van der Waals surface area contributed by atoms with Gasteiger partial charge in [0.25, 0.3) is 0 Å². The van der Waals surface area contributed by atoms with Crippen molar-refractivity contribution in [3.63, 3.8) is 0 Å². The molecule has 21 heavy (non-hydrogen) atoms. The zero-order valence-corrected chi connectivity index (χ0v) is 14.4. The summed E-state index contributed by atoms with van der Waals surface area (Å²) in [5.41, 5.74) is 4.86. The standard InChI is InChI=1S/C19H16BrCl/c1-12-10-17(18(21)11-13(12)2)19(20)16-9-5-7-14-6-3-4-8-15(14)16/h3-11,19H,1-2H3. The second kappa shape index (κ2) is 5.82. The van der Waals surface area contributed by atoms with Crippen molar-refractivity contribution in [2.45, 2.75) is 18.7 Å². The fourth-order valence-corrected chi connectivity index (χ4v) is 3.87. The van der Waals surface area contributed by atoms with E-state index in [1.165, 1.54) is 27.5 Å². The fourth-order valence-electron chi connectivity index (χ4n) is 2.64. The predicted molar refractivity (Wildman–Crippen MR) is 95.6 cm³/mol. The number of aryl methyl sites for hydroxylation is 2. The first-order valence-corrected chi connectivity index (χ1v) is 8.25. The molecule has 0 bridgehead atoms. The van der Waals surface area contributed by atoms with Gasteiger partial charge in [-0.3, -0.25) is 0 Å². The molecule has 0 aliphatic rings. The van der Waals surface area contributed by atoms with E-state index < -0.39 is 0 Å². The van der Waals surface area contributed by atoms with E-state index >= 15 is 0 Å². The van der Waals surface area contributed by atoms with Gasteiger partial charge >= 0.3 is 0 Å². The van der Waals surface area contributed by atoms with E-state index in [1.54, 1.807) is 0 Å². The lowest BCUT2D eigenvalue weighted by Gasteiger charge is -2.17. The monoisotopic (exact) mass is 358 g/mol. The van der Waals surface area contributed by atoms with E-state index in [9.17, 15) is 0 Å². The van der Waals surface area contributed by atoms with Crippen LogP contribution in [0.15, 0.2) is 54.6 Å². The zero-order valence-electron chi connectivity index (χ0n) is 12.0. The van der Waals surface area contributed by atoms with Gasteiger partial charge in [0, 0.05) is 5.02 Å². The molecule has 3 aromatic carbocycles. The van der Waals surface area contributed by atoms with Crippen molar-refractivity contribution in [3.05, 3.63) is 81.9 Å². The van der Waals surface area contributed by atoms with E-state index in [2.05, 4.69) is 78.3 Å². The second-order valence-electron chi connectivity index (χ2n) is 5.39. The molecule has 0 radical (unpaired) electrons. The van der Waals surface area contributed by atoms with Gasteiger partial charge in [0.2, 0.25) is 0 Å². The maximum Gasteiger partial charge on any atom is 0.0665 e. The lowest BCUT2D eigenvalue weighted by molar-refractivity contribution is 1.17. The van der Waals surface area contributed by atoms with Crippen LogP contribution < -0.4 is 0 Å². The zero-order chi connectivity index (χ0) is 15.0. The van der Waals surface area contributed by atoms with Gasteiger partial charge in [0.15, 0.2) is 0 Å². The third-order valence-corrected chi connectivity index (χ3v) is 5.30. The molecule has 0 fully saturated rings. The van der Waals surface area contributed by atoms with Crippen molar-refractivity contribution >= 4 is 38.3 Å². The van der Waals surface area contributed by atoms with Crippen LogP contribution in [0.4, 0.5) is 0 Å². The lowest BCUT2D eigenvalue weighted by atomic mass is 9.96. The number of alkyl halides is 1. The summed E-state index contributed by atoms with van der Waals surface area (Å²) in [4.78, 5) is 0.0930. The van der Waals surface area contributed by atoms with Crippen LogP contribution in [0.2, 0.25) is 5.02 Å². The van der Waals surface area contributed by atoms with Crippen LogP contribution in [0.1, 0.15) is 27.1 Å². The number of fused-ring (bicyclic) bond motifs is 1. The number of hydrogen-bond donors (Lipinski definition) is 0. The summed E-state index contributed by atoms with van der Waals surface area (Å²) >= 11 is 10.3. The molecule has 0 saturated carbocycles. The summed E-state index contributed by atoms with van der Waals surface area (Å²) in [7, 11) is 0. The average Bonchev–Trinajstić information content (AvgIpc) is 2.49. The van der Waals surface area contributed by atoms with E-state index in [4.69, 9.17) is 11.6 Å². The summed E-state index contributed by atoms with van der Waals surface area (Å²) in [5.74, 6) is 0. The molecule has 0 aliphatic carbocycles. The molecule has 0 aliphatic heterocycles. The summed E-state index contributed by atoms with van der Waals surface area (Å²) < 4.78 is 0. The van der Waals surface area contributed by atoms with Gasteiger partial charge in [-0.2, -0.15) is 0 Å². The first-order valence-electron chi connectivity index (χ1n) is 6.96. The Morgan fingerprint density at radius 3 is 2.33 bits per heavy atom. The first kappa shape index (κ1) is 14.6. The van der Waals surface area contributed by atoms with E-state index in [-0.39, 0.29) is 4.83 Å². The summed E-state index contributed by atoms with van der Waals surface area (Å²) in [6, 6.07) is 19.1. The van der Waals surface area contributed by atoms with Gasteiger partial charge < -0.3 is 0 Å². The van der Waals surface area contributed by atoms with Crippen LogP contribution in [0.5, 0.6) is 0 Å². The van der Waals surface area contributed by atoms with E-state index in [1.807, 2.05) is 6.07 Å². The van der Waals surface area contributed by atoms with Crippen molar-refractivity contribution < 1.29 is 0 Å². The molecule has 3 aromatic rings. The Kier molecular flexibility index (Phi) is 4.05. The molecule has 1 unspecified atom stereocenters. The van der Waals surface area contributed by atoms with Gasteiger partial charge in [0.1, 0.15) is 0 Å².